The number of benzene rings is 1. The standard InChI is InChI=1S/C16H18N6O/c1-9-7-13(5-6-14(9)20-12(4)23)21-15-10(2)11(3)19-16-17-8-18-22(15)16/h5-8,21H,1-4H3,(H,20,23). The molecule has 3 aromatic rings. The molecule has 2 N–H and O–H groups in total. The van der Waals surface area contributed by atoms with Crippen molar-refractivity contribution in [2.45, 2.75) is 27.7 Å². The average Bonchev–Trinajstić information content (AvgIpc) is 2.94. The van der Waals surface area contributed by atoms with Crippen molar-refractivity contribution in [3.63, 3.8) is 0 Å². The summed E-state index contributed by atoms with van der Waals surface area (Å²) in [6, 6.07) is 5.76. The van der Waals surface area contributed by atoms with E-state index < -0.39 is 0 Å². The predicted molar refractivity (Wildman–Crippen MR) is 89.0 cm³/mol. The van der Waals surface area contributed by atoms with E-state index in [0.29, 0.717) is 5.78 Å². The molecule has 0 saturated heterocycles. The lowest BCUT2D eigenvalue weighted by Crippen LogP contribution is -2.08. The molecular formula is C16H18N6O. The van der Waals surface area contributed by atoms with Crippen molar-refractivity contribution in [2.75, 3.05) is 10.6 Å². The van der Waals surface area contributed by atoms with Gasteiger partial charge in [-0.05, 0) is 44.5 Å². The fourth-order valence-corrected chi connectivity index (χ4v) is 2.39. The van der Waals surface area contributed by atoms with E-state index in [4.69, 9.17) is 0 Å². The van der Waals surface area contributed by atoms with Crippen LogP contribution in [-0.4, -0.2) is 25.5 Å². The third-order valence-corrected chi connectivity index (χ3v) is 3.71. The fourth-order valence-electron chi connectivity index (χ4n) is 2.39. The highest BCUT2D eigenvalue weighted by atomic mass is 16.1. The van der Waals surface area contributed by atoms with Gasteiger partial charge in [0.1, 0.15) is 12.1 Å². The second-order valence-corrected chi connectivity index (χ2v) is 5.48. The number of fused-ring (bicyclic) bond motifs is 1. The molecular weight excluding hydrogens is 292 g/mol. The minimum atomic E-state index is -0.0845. The van der Waals surface area contributed by atoms with Crippen LogP contribution in [0.1, 0.15) is 23.7 Å². The summed E-state index contributed by atoms with van der Waals surface area (Å²) in [5.74, 6) is 1.30. The number of rotatable bonds is 3. The van der Waals surface area contributed by atoms with Crippen LogP contribution >= 0.6 is 0 Å². The molecule has 7 heteroatoms. The molecule has 0 unspecified atom stereocenters. The lowest BCUT2D eigenvalue weighted by Gasteiger charge is -2.14. The molecule has 23 heavy (non-hydrogen) atoms. The van der Waals surface area contributed by atoms with Gasteiger partial charge in [0.2, 0.25) is 5.91 Å². The Morgan fingerprint density at radius 1 is 1.22 bits per heavy atom. The second-order valence-electron chi connectivity index (χ2n) is 5.48. The highest BCUT2D eigenvalue weighted by molar-refractivity contribution is 5.89. The number of hydrogen-bond donors (Lipinski definition) is 2. The zero-order valence-electron chi connectivity index (χ0n) is 13.5. The number of anilines is 3. The summed E-state index contributed by atoms with van der Waals surface area (Å²) in [4.78, 5) is 19.7. The fraction of sp³-hybridized carbons (Fsp3) is 0.250. The van der Waals surface area contributed by atoms with E-state index in [9.17, 15) is 4.79 Å². The van der Waals surface area contributed by atoms with Gasteiger partial charge in [-0.15, -0.1) is 0 Å². The number of hydrogen-bond acceptors (Lipinski definition) is 5. The lowest BCUT2D eigenvalue weighted by atomic mass is 10.1. The first kappa shape index (κ1) is 15.0. The predicted octanol–water partition coefficient (Wildman–Crippen LogP) is 2.75. The molecule has 0 radical (unpaired) electrons. The Labute approximate surface area is 133 Å². The van der Waals surface area contributed by atoms with Crippen LogP contribution in [0.15, 0.2) is 24.5 Å². The van der Waals surface area contributed by atoms with Crippen molar-refractivity contribution < 1.29 is 4.79 Å². The molecule has 3 rings (SSSR count). The summed E-state index contributed by atoms with van der Waals surface area (Å²) in [5.41, 5.74) is 4.59. The summed E-state index contributed by atoms with van der Waals surface area (Å²) in [5, 5.41) is 10.4. The van der Waals surface area contributed by atoms with E-state index in [1.54, 1.807) is 4.52 Å². The van der Waals surface area contributed by atoms with Crippen LogP contribution in [0.3, 0.4) is 0 Å². The molecule has 2 aromatic heterocycles. The molecule has 2 heterocycles. The molecule has 0 aliphatic heterocycles. The van der Waals surface area contributed by atoms with Crippen LogP contribution in [0.2, 0.25) is 0 Å². The topological polar surface area (TPSA) is 84.2 Å². The first-order valence-electron chi connectivity index (χ1n) is 7.28. The number of aryl methyl sites for hydroxylation is 2. The van der Waals surface area contributed by atoms with Crippen LogP contribution in [-0.2, 0) is 4.79 Å². The first-order chi connectivity index (χ1) is 11.0. The molecule has 7 nitrogen and oxygen atoms in total. The second kappa shape index (κ2) is 5.68. The van der Waals surface area contributed by atoms with Gasteiger partial charge in [0.25, 0.3) is 5.78 Å². The third kappa shape index (κ3) is 2.85. The number of aromatic nitrogens is 4. The molecule has 0 bridgehead atoms. The number of carbonyl (C=O) groups excluding carboxylic acids is 1. The zero-order valence-corrected chi connectivity index (χ0v) is 13.5. The smallest absolute Gasteiger partial charge is 0.254 e. The van der Waals surface area contributed by atoms with Gasteiger partial charge in [0, 0.05) is 29.6 Å². The summed E-state index contributed by atoms with van der Waals surface area (Å²) >= 11 is 0. The average molecular weight is 310 g/mol. The van der Waals surface area contributed by atoms with Crippen LogP contribution < -0.4 is 10.6 Å². The van der Waals surface area contributed by atoms with Gasteiger partial charge in [-0.3, -0.25) is 4.79 Å². The zero-order chi connectivity index (χ0) is 16.6. The van der Waals surface area contributed by atoms with Gasteiger partial charge >= 0.3 is 0 Å². The van der Waals surface area contributed by atoms with E-state index in [1.807, 2.05) is 39.0 Å². The van der Waals surface area contributed by atoms with Gasteiger partial charge in [-0.1, -0.05) is 0 Å². The van der Waals surface area contributed by atoms with Crippen molar-refractivity contribution in [3.8, 4) is 0 Å². The van der Waals surface area contributed by atoms with Gasteiger partial charge in [0.05, 0.1) is 0 Å². The minimum Gasteiger partial charge on any atom is -0.340 e. The van der Waals surface area contributed by atoms with Crippen LogP contribution in [0.25, 0.3) is 5.78 Å². The Morgan fingerprint density at radius 3 is 2.70 bits per heavy atom. The highest BCUT2D eigenvalue weighted by Crippen LogP contribution is 2.25. The molecule has 0 aliphatic carbocycles. The Hall–Kier alpha value is -2.96. The summed E-state index contributed by atoms with van der Waals surface area (Å²) < 4.78 is 1.68. The molecule has 0 saturated carbocycles. The maximum atomic E-state index is 11.2. The maximum Gasteiger partial charge on any atom is 0.254 e. The van der Waals surface area contributed by atoms with Gasteiger partial charge in [0.15, 0.2) is 0 Å². The number of nitrogens with zero attached hydrogens (tertiary/aromatic N) is 4. The maximum absolute atomic E-state index is 11.2. The number of nitrogens with one attached hydrogen (secondary N) is 2. The summed E-state index contributed by atoms with van der Waals surface area (Å²) in [7, 11) is 0. The summed E-state index contributed by atoms with van der Waals surface area (Å²) in [6.07, 6.45) is 1.48. The molecule has 1 amide bonds. The van der Waals surface area contributed by atoms with Crippen molar-refractivity contribution in [2.24, 2.45) is 0 Å². The van der Waals surface area contributed by atoms with Gasteiger partial charge in [-0.2, -0.15) is 14.6 Å². The lowest BCUT2D eigenvalue weighted by molar-refractivity contribution is -0.114. The SMILES string of the molecule is CC(=O)Nc1ccc(Nc2c(C)c(C)nc3ncnn23)cc1C. The Balaban J connectivity index is 1.99. The Bertz CT molecular complexity index is 899. The van der Waals surface area contributed by atoms with Gasteiger partial charge < -0.3 is 10.6 Å². The first-order valence-corrected chi connectivity index (χ1v) is 7.28. The molecule has 0 aliphatic rings. The van der Waals surface area contributed by atoms with E-state index in [2.05, 4.69) is 25.7 Å². The Morgan fingerprint density at radius 2 is 2.00 bits per heavy atom. The molecule has 1 aromatic carbocycles. The van der Waals surface area contributed by atoms with Crippen molar-refractivity contribution in [1.82, 2.24) is 19.6 Å². The Kier molecular flexibility index (Phi) is 3.69. The summed E-state index contributed by atoms with van der Waals surface area (Å²) in [6.45, 7) is 7.38. The van der Waals surface area contributed by atoms with Crippen LogP contribution in [0.5, 0.6) is 0 Å². The molecule has 0 spiro atoms. The number of amides is 1. The van der Waals surface area contributed by atoms with Crippen molar-refractivity contribution in [1.29, 1.82) is 0 Å². The van der Waals surface area contributed by atoms with Crippen molar-refractivity contribution >= 4 is 28.9 Å². The van der Waals surface area contributed by atoms with E-state index in [0.717, 1.165) is 34.0 Å². The van der Waals surface area contributed by atoms with Crippen LogP contribution in [0, 0.1) is 20.8 Å². The van der Waals surface area contributed by atoms with E-state index in [1.165, 1.54) is 13.3 Å². The molecule has 0 fully saturated rings. The number of carbonyl (C=O) groups is 1. The monoisotopic (exact) mass is 310 g/mol. The van der Waals surface area contributed by atoms with Gasteiger partial charge in [-0.25, -0.2) is 4.98 Å². The minimum absolute atomic E-state index is 0.0845. The molecule has 0 atom stereocenters. The van der Waals surface area contributed by atoms with Crippen molar-refractivity contribution in [3.05, 3.63) is 41.3 Å². The third-order valence-electron chi connectivity index (χ3n) is 3.71. The normalized spacial score (nSPS) is 10.8. The van der Waals surface area contributed by atoms with E-state index in [-0.39, 0.29) is 5.91 Å². The largest absolute Gasteiger partial charge is 0.340 e. The van der Waals surface area contributed by atoms with Crippen LogP contribution in [0.4, 0.5) is 17.2 Å². The van der Waals surface area contributed by atoms with E-state index >= 15 is 0 Å². The molecule has 118 valence electrons. The highest BCUT2D eigenvalue weighted by Gasteiger charge is 2.11. The quantitative estimate of drug-likeness (QED) is 0.777.